The second kappa shape index (κ2) is 5.32. The molecule has 2 N–H and O–H groups in total. The Morgan fingerprint density at radius 3 is 3.00 bits per heavy atom. The van der Waals surface area contributed by atoms with Crippen LogP contribution in [0.1, 0.15) is 6.42 Å². The topological polar surface area (TPSA) is 85.2 Å². The minimum absolute atomic E-state index is 0.0924. The fourth-order valence-electron chi connectivity index (χ4n) is 1.34. The second-order valence-electron chi connectivity index (χ2n) is 3.41. The first-order valence-corrected chi connectivity index (χ1v) is 4.77. The molecule has 1 aliphatic heterocycles. The van der Waals surface area contributed by atoms with Crippen molar-refractivity contribution >= 4 is 11.8 Å². The van der Waals surface area contributed by atoms with Gasteiger partial charge in [-0.3, -0.25) is 14.9 Å². The summed E-state index contributed by atoms with van der Waals surface area (Å²) in [5.41, 5.74) is 0. The van der Waals surface area contributed by atoms with Gasteiger partial charge in [-0.05, 0) is 0 Å². The number of likely N-dealkylation sites (N-methyl/N-ethyl adjacent to an activating group) is 1. The monoisotopic (exact) mass is 210 g/mol. The molecule has 0 bridgehead atoms. The van der Waals surface area contributed by atoms with Gasteiger partial charge in [0.05, 0.1) is 19.0 Å². The van der Waals surface area contributed by atoms with E-state index in [1.807, 2.05) is 6.07 Å². The summed E-state index contributed by atoms with van der Waals surface area (Å²) in [6.45, 7) is 0.901. The van der Waals surface area contributed by atoms with Gasteiger partial charge in [-0.15, -0.1) is 0 Å². The van der Waals surface area contributed by atoms with E-state index < -0.39 is 0 Å². The standard InChI is InChI=1S/C9H14N4O2/c1-13(4-2-3-10)9(15)7-5-12-8(14)6-11-7/h7,11H,2,4-6H2,1H3,(H,12,14). The molecule has 1 rings (SSSR count). The van der Waals surface area contributed by atoms with Gasteiger partial charge in [0.2, 0.25) is 11.8 Å². The van der Waals surface area contributed by atoms with Gasteiger partial charge in [-0.2, -0.15) is 5.26 Å². The highest BCUT2D eigenvalue weighted by molar-refractivity contribution is 5.86. The molecular formula is C9H14N4O2. The molecule has 0 spiro atoms. The molecule has 1 fully saturated rings. The first kappa shape index (κ1) is 11.5. The molecule has 0 radical (unpaired) electrons. The van der Waals surface area contributed by atoms with Gasteiger partial charge in [0.25, 0.3) is 0 Å². The predicted molar refractivity (Wildman–Crippen MR) is 52.7 cm³/mol. The molecule has 0 aromatic carbocycles. The van der Waals surface area contributed by atoms with E-state index >= 15 is 0 Å². The van der Waals surface area contributed by atoms with Crippen LogP contribution in [0.5, 0.6) is 0 Å². The number of nitrogens with zero attached hydrogens (tertiary/aromatic N) is 2. The Morgan fingerprint density at radius 1 is 1.73 bits per heavy atom. The smallest absolute Gasteiger partial charge is 0.241 e. The molecule has 1 unspecified atom stereocenters. The number of hydrogen-bond acceptors (Lipinski definition) is 4. The maximum atomic E-state index is 11.7. The van der Waals surface area contributed by atoms with Gasteiger partial charge in [0, 0.05) is 20.1 Å². The first-order valence-electron chi connectivity index (χ1n) is 4.77. The fourth-order valence-corrected chi connectivity index (χ4v) is 1.34. The van der Waals surface area contributed by atoms with Crippen LogP contribution >= 0.6 is 0 Å². The van der Waals surface area contributed by atoms with Crippen LogP contribution in [0, 0.1) is 11.3 Å². The lowest BCUT2D eigenvalue weighted by Crippen LogP contribution is -2.58. The summed E-state index contributed by atoms with van der Waals surface area (Å²) < 4.78 is 0. The van der Waals surface area contributed by atoms with Gasteiger partial charge in [0.15, 0.2) is 0 Å². The van der Waals surface area contributed by atoms with Crippen molar-refractivity contribution < 1.29 is 9.59 Å². The van der Waals surface area contributed by atoms with Gasteiger partial charge >= 0.3 is 0 Å². The molecule has 6 heteroatoms. The maximum absolute atomic E-state index is 11.7. The third-order valence-electron chi connectivity index (χ3n) is 2.25. The van der Waals surface area contributed by atoms with Crippen molar-refractivity contribution in [3.8, 4) is 6.07 Å². The maximum Gasteiger partial charge on any atom is 0.241 e. The zero-order valence-electron chi connectivity index (χ0n) is 8.62. The van der Waals surface area contributed by atoms with Gasteiger partial charge < -0.3 is 10.2 Å². The van der Waals surface area contributed by atoms with E-state index in [1.165, 1.54) is 4.90 Å². The van der Waals surface area contributed by atoms with E-state index in [2.05, 4.69) is 10.6 Å². The summed E-state index contributed by atoms with van der Waals surface area (Å²) >= 11 is 0. The van der Waals surface area contributed by atoms with Crippen molar-refractivity contribution in [2.75, 3.05) is 26.7 Å². The van der Waals surface area contributed by atoms with Gasteiger partial charge in [0.1, 0.15) is 6.04 Å². The van der Waals surface area contributed by atoms with Crippen molar-refractivity contribution in [1.82, 2.24) is 15.5 Å². The molecule has 2 amide bonds. The Balaban J connectivity index is 2.39. The second-order valence-corrected chi connectivity index (χ2v) is 3.41. The quantitative estimate of drug-likeness (QED) is 0.590. The third-order valence-corrected chi connectivity index (χ3v) is 2.25. The summed E-state index contributed by atoms with van der Waals surface area (Å²) in [4.78, 5) is 24.0. The van der Waals surface area contributed by atoms with Crippen LogP contribution < -0.4 is 10.6 Å². The zero-order valence-corrected chi connectivity index (χ0v) is 8.62. The average Bonchev–Trinajstić information content (AvgIpc) is 2.26. The molecule has 1 aliphatic rings. The molecule has 0 saturated carbocycles. The summed E-state index contributed by atoms with van der Waals surface area (Å²) in [7, 11) is 1.65. The molecule has 0 aromatic heterocycles. The van der Waals surface area contributed by atoms with Crippen molar-refractivity contribution in [2.45, 2.75) is 12.5 Å². The molecule has 0 aliphatic carbocycles. The normalized spacial score (nSPS) is 20.3. The number of hydrogen-bond donors (Lipinski definition) is 2. The summed E-state index contributed by atoms with van der Waals surface area (Å²) in [5.74, 6) is -0.191. The predicted octanol–water partition coefficient (Wildman–Crippen LogP) is -1.55. The zero-order chi connectivity index (χ0) is 11.3. The SMILES string of the molecule is CN(CCC#N)C(=O)C1CNC(=O)CN1. The van der Waals surface area contributed by atoms with E-state index in [1.54, 1.807) is 7.05 Å². The van der Waals surface area contributed by atoms with Gasteiger partial charge in [-0.25, -0.2) is 0 Å². The molecule has 82 valence electrons. The number of carbonyl (C=O) groups excluding carboxylic acids is 2. The van der Waals surface area contributed by atoms with E-state index in [0.29, 0.717) is 19.5 Å². The highest BCUT2D eigenvalue weighted by Gasteiger charge is 2.25. The van der Waals surface area contributed by atoms with E-state index in [-0.39, 0.29) is 24.4 Å². The Kier molecular flexibility index (Phi) is 4.06. The summed E-state index contributed by atoms with van der Waals surface area (Å²) in [6.07, 6.45) is 0.321. The summed E-state index contributed by atoms with van der Waals surface area (Å²) in [6, 6.07) is 1.61. The van der Waals surface area contributed by atoms with Crippen molar-refractivity contribution in [2.24, 2.45) is 0 Å². The lowest BCUT2D eigenvalue weighted by atomic mass is 10.2. The number of amides is 2. The van der Waals surface area contributed by atoms with Crippen LogP contribution in [0.3, 0.4) is 0 Å². The lowest BCUT2D eigenvalue weighted by molar-refractivity contribution is -0.133. The molecule has 6 nitrogen and oxygen atoms in total. The van der Waals surface area contributed by atoms with Crippen LogP contribution in [0.15, 0.2) is 0 Å². The number of nitriles is 1. The van der Waals surface area contributed by atoms with Crippen LogP contribution in [-0.2, 0) is 9.59 Å². The van der Waals surface area contributed by atoms with Crippen LogP contribution in [-0.4, -0.2) is 49.4 Å². The lowest BCUT2D eigenvalue weighted by Gasteiger charge is -2.27. The Hall–Kier alpha value is -1.61. The van der Waals surface area contributed by atoms with Crippen LogP contribution in [0.25, 0.3) is 0 Å². The average molecular weight is 210 g/mol. The molecule has 1 atom stereocenters. The minimum atomic E-state index is -0.369. The van der Waals surface area contributed by atoms with E-state index in [4.69, 9.17) is 5.26 Å². The number of carbonyl (C=O) groups is 2. The van der Waals surface area contributed by atoms with Crippen molar-refractivity contribution in [3.63, 3.8) is 0 Å². The molecule has 1 heterocycles. The molecule has 1 saturated heterocycles. The summed E-state index contributed by atoms with van der Waals surface area (Å²) in [5, 5.41) is 13.8. The minimum Gasteiger partial charge on any atom is -0.353 e. The highest BCUT2D eigenvalue weighted by Crippen LogP contribution is 1.96. The van der Waals surface area contributed by atoms with Crippen molar-refractivity contribution in [3.05, 3.63) is 0 Å². The first-order chi connectivity index (χ1) is 7.15. The van der Waals surface area contributed by atoms with Crippen molar-refractivity contribution in [1.29, 1.82) is 5.26 Å². The fraction of sp³-hybridized carbons (Fsp3) is 0.667. The number of nitrogens with one attached hydrogen (secondary N) is 2. The number of rotatable bonds is 3. The largest absolute Gasteiger partial charge is 0.353 e. The molecule has 0 aromatic rings. The van der Waals surface area contributed by atoms with Crippen LogP contribution in [0.2, 0.25) is 0 Å². The Labute approximate surface area is 88.2 Å². The molecular weight excluding hydrogens is 196 g/mol. The Bertz CT molecular complexity index is 287. The highest BCUT2D eigenvalue weighted by atomic mass is 16.2. The Morgan fingerprint density at radius 2 is 2.47 bits per heavy atom. The number of piperazine rings is 1. The van der Waals surface area contributed by atoms with Crippen LogP contribution in [0.4, 0.5) is 0 Å². The molecule has 15 heavy (non-hydrogen) atoms. The van der Waals surface area contributed by atoms with E-state index in [9.17, 15) is 9.59 Å². The third kappa shape index (κ3) is 3.22. The van der Waals surface area contributed by atoms with E-state index in [0.717, 1.165) is 0 Å². The van der Waals surface area contributed by atoms with Gasteiger partial charge in [-0.1, -0.05) is 0 Å².